The molecule has 4 nitrogen and oxygen atoms in total. The van der Waals surface area contributed by atoms with Gasteiger partial charge in [0.25, 0.3) is 0 Å². The van der Waals surface area contributed by atoms with Gasteiger partial charge in [-0.05, 0) is 54.4 Å². The molecule has 0 aliphatic heterocycles. The number of methoxy groups -OCH3 is 1. The third kappa shape index (κ3) is 3.72. The molecule has 0 saturated carbocycles. The minimum atomic E-state index is -0.738. The molecule has 0 unspecified atom stereocenters. The van der Waals surface area contributed by atoms with E-state index in [2.05, 4.69) is 6.92 Å². The monoisotopic (exact) mass is 358 g/mol. The number of aliphatic hydroxyl groups excluding tert-OH is 2. The molecule has 2 N–H and O–H groups in total. The number of Topliss-reactive ketones (excluding diaryl/α,β-unsaturated/α-hetero) is 1. The van der Waals surface area contributed by atoms with E-state index in [1.165, 1.54) is 0 Å². The van der Waals surface area contributed by atoms with Crippen LogP contribution in [0, 0.1) is 5.92 Å². The fraction of sp³-hybridized carbons (Fsp3) is 0.591. The Morgan fingerprint density at radius 1 is 1.23 bits per heavy atom. The number of ether oxygens (including phenoxy) is 1. The van der Waals surface area contributed by atoms with Crippen molar-refractivity contribution in [2.45, 2.75) is 70.5 Å². The molecule has 0 amide bonds. The van der Waals surface area contributed by atoms with Crippen LogP contribution in [0.15, 0.2) is 29.3 Å². The minimum Gasteiger partial charge on any atom is -0.496 e. The van der Waals surface area contributed by atoms with Crippen LogP contribution in [0.4, 0.5) is 0 Å². The van der Waals surface area contributed by atoms with Gasteiger partial charge in [0, 0.05) is 12.0 Å². The van der Waals surface area contributed by atoms with E-state index in [1.54, 1.807) is 7.11 Å². The average molecular weight is 358 g/mol. The first kappa shape index (κ1) is 19.1. The second-order valence-corrected chi connectivity index (χ2v) is 7.58. The number of hydrogen-bond donors (Lipinski definition) is 2. The summed E-state index contributed by atoms with van der Waals surface area (Å²) in [5.41, 5.74) is 3.51. The van der Waals surface area contributed by atoms with Crippen LogP contribution in [0.2, 0.25) is 0 Å². The third-order valence-electron chi connectivity index (χ3n) is 5.85. The van der Waals surface area contributed by atoms with Crippen LogP contribution >= 0.6 is 0 Å². The number of hydrogen-bond acceptors (Lipinski definition) is 4. The molecule has 4 heteroatoms. The van der Waals surface area contributed by atoms with Crippen molar-refractivity contribution >= 4 is 5.78 Å². The number of ketones is 1. The van der Waals surface area contributed by atoms with Gasteiger partial charge >= 0.3 is 0 Å². The smallest absolute Gasteiger partial charge is 0.159 e. The van der Waals surface area contributed by atoms with Gasteiger partial charge in [0.1, 0.15) is 11.9 Å². The average Bonchev–Trinajstić information content (AvgIpc) is 2.95. The molecule has 0 fully saturated rings. The lowest BCUT2D eigenvalue weighted by atomic mass is 9.78. The molecule has 142 valence electrons. The predicted octanol–water partition coefficient (Wildman–Crippen LogP) is 3.89. The standard InChI is InChI=1S/C22H30O4/c1-3-4-5-7-15(23)10-11-17-19(24)13-14-12-18-16(22(25)21(14)17)8-6-9-20(18)26-2/h6,8-9,14-15,22-23,25H,3-5,7,10-13H2,1-2H3/t14-,15-,22+/m0/s1. The van der Waals surface area contributed by atoms with Gasteiger partial charge in [0.2, 0.25) is 0 Å². The Labute approximate surface area is 155 Å². The van der Waals surface area contributed by atoms with E-state index < -0.39 is 6.10 Å². The second-order valence-electron chi connectivity index (χ2n) is 7.58. The summed E-state index contributed by atoms with van der Waals surface area (Å²) >= 11 is 0. The Bertz CT molecular complexity index is 691. The summed E-state index contributed by atoms with van der Waals surface area (Å²) < 4.78 is 5.44. The van der Waals surface area contributed by atoms with Gasteiger partial charge in [-0.3, -0.25) is 4.79 Å². The van der Waals surface area contributed by atoms with E-state index >= 15 is 0 Å². The number of carbonyl (C=O) groups excluding carboxylic acids is 1. The first-order valence-electron chi connectivity index (χ1n) is 9.84. The van der Waals surface area contributed by atoms with Crippen molar-refractivity contribution in [3.63, 3.8) is 0 Å². The highest BCUT2D eigenvalue weighted by atomic mass is 16.5. The molecule has 2 aliphatic rings. The maximum atomic E-state index is 12.6. The minimum absolute atomic E-state index is 0.0635. The molecule has 1 aromatic rings. The van der Waals surface area contributed by atoms with Crippen molar-refractivity contribution in [3.05, 3.63) is 40.5 Å². The summed E-state index contributed by atoms with van der Waals surface area (Å²) in [5, 5.41) is 21.1. The van der Waals surface area contributed by atoms with Crippen LogP contribution in [0.1, 0.15) is 69.1 Å². The van der Waals surface area contributed by atoms with Crippen LogP contribution in [0.25, 0.3) is 0 Å². The van der Waals surface area contributed by atoms with Crippen LogP contribution in [-0.2, 0) is 11.2 Å². The maximum absolute atomic E-state index is 12.6. The van der Waals surface area contributed by atoms with Crippen LogP contribution in [0.5, 0.6) is 5.75 Å². The summed E-state index contributed by atoms with van der Waals surface area (Å²) in [7, 11) is 1.64. The lowest BCUT2D eigenvalue weighted by Crippen LogP contribution is -2.20. The van der Waals surface area contributed by atoms with Crippen LogP contribution < -0.4 is 4.74 Å². The van der Waals surface area contributed by atoms with Gasteiger partial charge in [-0.15, -0.1) is 0 Å². The van der Waals surface area contributed by atoms with E-state index in [0.29, 0.717) is 19.3 Å². The van der Waals surface area contributed by atoms with E-state index in [4.69, 9.17) is 4.74 Å². The Balaban J connectivity index is 1.78. The molecule has 26 heavy (non-hydrogen) atoms. The topological polar surface area (TPSA) is 66.8 Å². The number of allylic oxidation sites excluding steroid dienone is 1. The highest BCUT2D eigenvalue weighted by molar-refractivity contribution is 5.99. The van der Waals surface area contributed by atoms with Gasteiger partial charge in [0.15, 0.2) is 5.78 Å². The Kier molecular flexibility index (Phi) is 6.15. The summed E-state index contributed by atoms with van der Waals surface area (Å²) in [6.45, 7) is 2.15. The van der Waals surface area contributed by atoms with E-state index in [0.717, 1.165) is 60.1 Å². The number of unbranched alkanes of at least 4 members (excludes halogenated alkanes) is 2. The lowest BCUT2D eigenvalue weighted by Gasteiger charge is -2.30. The molecule has 0 saturated heterocycles. The molecular formula is C22H30O4. The second kappa shape index (κ2) is 8.36. The zero-order valence-electron chi connectivity index (χ0n) is 15.8. The van der Waals surface area contributed by atoms with Crippen molar-refractivity contribution in [3.8, 4) is 5.75 Å². The third-order valence-corrected chi connectivity index (χ3v) is 5.85. The number of aliphatic hydroxyl groups is 2. The summed E-state index contributed by atoms with van der Waals surface area (Å²) in [4.78, 5) is 12.6. The Hall–Kier alpha value is -1.65. The summed E-state index contributed by atoms with van der Waals surface area (Å²) in [5.74, 6) is 0.984. The van der Waals surface area contributed by atoms with Crippen LogP contribution in [0.3, 0.4) is 0 Å². The van der Waals surface area contributed by atoms with Crippen molar-refractivity contribution in [1.29, 1.82) is 0 Å². The fourth-order valence-corrected chi connectivity index (χ4v) is 4.47. The predicted molar refractivity (Wildman–Crippen MR) is 101 cm³/mol. The van der Waals surface area contributed by atoms with Gasteiger partial charge < -0.3 is 14.9 Å². The van der Waals surface area contributed by atoms with Crippen LogP contribution in [-0.4, -0.2) is 29.2 Å². The largest absolute Gasteiger partial charge is 0.496 e. The van der Waals surface area contributed by atoms with Gasteiger partial charge in [-0.25, -0.2) is 0 Å². The molecule has 0 spiro atoms. The van der Waals surface area contributed by atoms with Crippen molar-refractivity contribution in [1.82, 2.24) is 0 Å². The molecule has 2 aliphatic carbocycles. The normalized spacial score (nSPS) is 23.0. The summed E-state index contributed by atoms with van der Waals surface area (Å²) in [6.07, 6.45) is 5.33. The Morgan fingerprint density at radius 2 is 2.04 bits per heavy atom. The first-order valence-corrected chi connectivity index (χ1v) is 9.84. The molecule has 3 rings (SSSR count). The molecule has 3 atom stereocenters. The van der Waals surface area contributed by atoms with E-state index in [-0.39, 0.29) is 17.8 Å². The van der Waals surface area contributed by atoms with Crippen molar-refractivity contribution in [2.75, 3.05) is 7.11 Å². The number of fused-ring (bicyclic) bond motifs is 2. The van der Waals surface area contributed by atoms with Gasteiger partial charge in [0.05, 0.1) is 13.2 Å². The Morgan fingerprint density at radius 3 is 2.77 bits per heavy atom. The van der Waals surface area contributed by atoms with E-state index in [9.17, 15) is 15.0 Å². The number of benzene rings is 1. The molecule has 0 heterocycles. The first-order chi connectivity index (χ1) is 12.6. The molecule has 0 aromatic heterocycles. The zero-order chi connectivity index (χ0) is 18.7. The molecule has 0 bridgehead atoms. The van der Waals surface area contributed by atoms with Gasteiger partial charge in [-0.1, -0.05) is 38.3 Å². The highest BCUT2D eigenvalue weighted by Gasteiger charge is 2.41. The maximum Gasteiger partial charge on any atom is 0.159 e. The summed E-state index contributed by atoms with van der Waals surface area (Å²) in [6, 6.07) is 5.71. The van der Waals surface area contributed by atoms with Gasteiger partial charge in [-0.2, -0.15) is 0 Å². The van der Waals surface area contributed by atoms with Crippen molar-refractivity contribution < 1.29 is 19.7 Å². The number of rotatable bonds is 8. The molecule has 0 radical (unpaired) electrons. The molecule has 1 aromatic carbocycles. The highest BCUT2D eigenvalue weighted by Crippen LogP contribution is 2.48. The SMILES string of the molecule is CCCCC[C@H](O)CCC1=C2[C@H](CC1=O)Cc1c(OC)cccc1[C@H]2O. The lowest BCUT2D eigenvalue weighted by molar-refractivity contribution is -0.115. The van der Waals surface area contributed by atoms with Crippen molar-refractivity contribution in [2.24, 2.45) is 5.92 Å². The zero-order valence-corrected chi connectivity index (χ0v) is 15.8. The quantitative estimate of drug-likeness (QED) is 0.692. The number of carbonyl (C=O) groups is 1. The van der Waals surface area contributed by atoms with E-state index in [1.807, 2.05) is 18.2 Å². The molecular weight excluding hydrogens is 328 g/mol. The fourth-order valence-electron chi connectivity index (χ4n) is 4.47.